The second-order valence-electron chi connectivity index (χ2n) is 16.4. The summed E-state index contributed by atoms with van der Waals surface area (Å²) in [6.07, 6.45) is 0. The molecule has 0 atom stereocenters. The first-order valence-electron chi connectivity index (χ1n) is 20.3. The van der Waals surface area contributed by atoms with Crippen LogP contribution in [0.5, 0.6) is 0 Å². The van der Waals surface area contributed by atoms with Crippen LogP contribution in [0.1, 0.15) is 25.0 Å². The van der Waals surface area contributed by atoms with Crippen LogP contribution in [0.2, 0.25) is 0 Å². The molecule has 0 spiro atoms. The van der Waals surface area contributed by atoms with Crippen LogP contribution >= 0.6 is 0 Å². The molecule has 272 valence electrons. The summed E-state index contributed by atoms with van der Waals surface area (Å²) in [5, 5.41) is 10.2. The highest BCUT2D eigenvalue weighted by Crippen LogP contribution is 2.52. The van der Waals surface area contributed by atoms with E-state index in [9.17, 15) is 0 Å². The van der Waals surface area contributed by atoms with Gasteiger partial charge in [-0.3, -0.25) is 0 Å². The first-order chi connectivity index (χ1) is 28.5. The van der Waals surface area contributed by atoms with Crippen molar-refractivity contribution in [2.45, 2.75) is 19.3 Å². The number of aromatic nitrogens is 1. The standard InChI is InChI=1S/C57H39N/c1-57(2)51-34-39(56-48-23-10-8-21-46(48)55(37-16-4-3-5-17-37)47-22-9-11-24-49(47)56)27-30-43(51)44-31-29-40(35-52(44)57)58-53-26-13-12-20-45(53)50-33-38(28-32-54(50)58)42-25-14-18-36-15-6-7-19-41(36)42/h3-35H,1-2H3. The lowest BCUT2D eigenvalue weighted by atomic mass is 9.80. The van der Waals surface area contributed by atoms with E-state index in [2.05, 4.69) is 219 Å². The van der Waals surface area contributed by atoms with Gasteiger partial charge in [-0.15, -0.1) is 0 Å². The van der Waals surface area contributed by atoms with E-state index >= 15 is 0 Å². The van der Waals surface area contributed by atoms with Crippen LogP contribution in [0.25, 0.3) is 104 Å². The van der Waals surface area contributed by atoms with E-state index in [4.69, 9.17) is 0 Å². The first kappa shape index (κ1) is 33.0. The molecule has 11 aromatic rings. The van der Waals surface area contributed by atoms with Gasteiger partial charge in [0.05, 0.1) is 11.0 Å². The van der Waals surface area contributed by atoms with Crippen LogP contribution in [0.15, 0.2) is 200 Å². The number of benzene rings is 10. The Morgan fingerprint density at radius 2 is 0.862 bits per heavy atom. The number of rotatable bonds is 4. The van der Waals surface area contributed by atoms with Gasteiger partial charge in [0.25, 0.3) is 0 Å². The van der Waals surface area contributed by atoms with E-state index in [1.165, 1.54) is 115 Å². The van der Waals surface area contributed by atoms with Crippen molar-refractivity contribution < 1.29 is 0 Å². The van der Waals surface area contributed by atoms with E-state index in [0.29, 0.717) is 0 Å². The lowest BCUT2D eigenvalue weighted by Crippen LogP contribution is -2.15. The van der Waals surface area contributed by atoms with Gasteiger partial charge < -0.3 is 4.57 Å². The Labute approximate surface area is 338 Å². The van der Waals surface area contributed by atoms with Gasteiger partial charge in [-0.05, 0) is 124 Å². The molecular weight excluding hydrogens is 699 g/mol. The molecule has 0 saturated carbocycles. The Morgan fingerprint density at radius 1 is 0.328 bits per heavy atom. The largest absolute Gasteiger partial charge is 0.309 e. The third-order valence-corrected chi connectivity index (χ3v) is 13.0. The van der Waals surface area contributed by atoms with Crippen LogP contribution in [0.3, 0.4) is 0 Å². The second kappa shape index (κ2) is 12.4. The Bertz CT molecular complexity index is 3410. The molecule has 0 N–H and O–H groups in total. The van der Waals surface area contributed by atoms with Crippen molar-refractivity contribution in [3.8, 4) is 50.2 Å². The fourth-order valence-electron chi connectivity index (χ4n) is 10.3. The minimum Gasteiger partial charge on any atom is -0.309 e. The van der Waals surface area contributed by atoms with Crippen LogP contribution < -0.4 is 0 Å². The molecule has 1 heteroatoms. The molecule has 58 heavy (non-hydrogen) atoms. The zero-order valence-electron chi connectivity index (χ0n) is 32.5. The summed E-state index contributed by atoms with van der Waals surface area (Å²) in [7, 11) is 0. The maximum atomic E-state index is 2.49. The van der Waals surface area contributed by atoms with Gasteiger partial charge in [0, 0.05) is 21.9 Å². The summed E-state index contributed by atoms with van der Waals surface area (Å²) in [6, 6.07) is 74.3. The quantitative estimate of drug-likeness (QED) is 0.159. The molecule has 1 aliphatic rings. The van der Waals surface area contributed by atoms with Crippen LogP contribution in [0, 0.1) is 0 Å². The first-order valence-corrected chi connectivity index (χ1v) is 20.3. The average Bonchev–Trinajstić information content (AvgIpc) is 3.72. The molecule has 10 aromatic carbocycles. The third kappa shape index (κ3) is 4.71. The van der Waals surface area contributed by atoms with E-state index < -0.39 is 0 Å². The average molecular weight is 738 g/mol. The lowest BCUT2D eigenvalue weighted by Gasteiger charge is -2.23. The Balaban J connectivity index is 1.01. The van der Waals surface area contributed by atoms with Crippen LogP contribution in [-0.4, -0.2) is 4.57 Å². The van der Waals surface area contributed by atoms with Crippen molar-refractivity contribution in [2.75, 3.05) is 0 Å². The van der Waals surface area contributed by atoms with Crippen molar-refractivity contribution in [1.29, 1.82) is 0 Å². The maximum absolute atomic E-state index is 2.49. The molecule has 0 fully saturated rings. The normalized spacial score (nSPS) is 13.1. The highest BCUT2D eigenvalue weighted by Gasteiger charge is 2.36. The summed E-state index contributed by atoms with van der Waals surface area (Å²) in [4.78, 5) is 0. The van der Waals surface area contributed by atoms with Gasteiger partial charge in [-0.1, -0.05) is 178 Å². The summed E-state index contributed by atoms with van der Waals surface area (Å²) in [5.41, 5.74) is 16.4. The molecule has 0 radical (unpaired) electrons. The summed E-state index contributed by atoms with van der Waals surface area (Å²) >= 11 is 0. The molecule has 1 heterocycles. The molecule has 0 amide bonds. The number of fused-ring (bicyclic) bond motifs is 9. The molecule has 0 bridgehead atoms. The summed E-state index contributed by atoms with van der Waals surface area (Å²) < 4.78 is 2.47. The van der Waals surface area contributed by atoms with Gasteiger partial charge >= 0.3 is 0 Å². The van der Waals surface area contributed by atoms with E-state index in [-0.39, 0.29) is 5.41 Å². The smallest absolute Gasteiger partial charge is 0.0541 e. The molecule has 1 nitrogen and oxygen atoms in total. The van der Waals surface area contributed by atoms with E-state index in [1.807, 2.05) is 0 Å². The highest BCUT2D eigenvalue weighted by atomic mass is 15.0. The van der Waals surface area contributed by atoms with Crippen molar-refractivity contribution in [1.82, 2.24) is 4.57 Å². The summed E-state index contributed by atoms with van der Waals surface area (Å²) in [5.74, 6) is 0. The number of hydrogen-bond donors (Lipinski definition) is 0. The van der Waals surface area contributed by atoms with Crippen LogP contribution in [0.4, 0.5) is 0 Å². The topological polar surface area (TPSA) is 4.93 Å². The highest BCUT2D eigenvalue weighted by molar-refractivity contribution is 6.21. The van der Waals surface area contributed by atoms with Crippen molar-refractivity contribution in [3.05, 3.63) is 211 Å². The van der Waals surface area contributed by atoms with Gasteiger partial charge in [0.2, 0.25) is 0 Å². The number of nitrogens with zero attached hydrogens (tertiary/aromatic N) is 1. The predicted molar refractivity (Wildman–Crippen MR) is 247 cm³/mol. The molecule has 0 aliphatic heterocycles. The van der Waals surface area contributed by atoms with Crippen molar-refractivity contribution in [2.24, 2.45) is 0 Å². The molecular formula is C57H39N. The third-order valence-electron chi connectivity index (χ3n) is 13.0. The number of hydrogen-bond acceptors (Lipinski definition) is 0. The molecule has 0 saturated heterocycles. The fourth-order valence-corrected chi connectivity index (χ4v) is 10.3. The van der Waals surface area contributed by atoms with Gasteiger partial charge in [-0.2, -0.15) is 0 Å². The maximum Gasteiger partial charge on any atom is 0.0541 e. The lowest BCUT2D eigenvalue weighted by molar-refractivity contribution is 0.660. The van der Waals surface area contributed by atoms with Crippen molar-refractivity contribution >= 4 is 54.1 Å². The minimum absolute atomic E-state index is 0.202. The predicted octanol–water partition coefficient (Wildman–Crippen LogP) is 15.6. The SMILES string of the molecule is CC1(C)c2cc(-c3c4ccccc4c(-c4ccccc4)c4ccccc34)ccc2-c2ccc(-n3c4ccccc4c4cc(-c5cccc6ccccc56)ccc43)cc21. The Kier molecular flexibility index (Phi) is 7.04. The molecule has 1 aliphatic carbocycles. The molecule has 1 aromatic heterocycles. The second-order valence-corrected chi connectivity index (χ2v) is 16.4. The monoisotopic (exact) mass is 737 g/mol. The van der Waals surface area contributed by atoms with Crippen molar-refractivity contribution in [3.63, 3.8) is 0 Å². The van der Waals surface area contributed by atoms with E-state index in [0.717, 1.165) is 0 Å². The molecule has 0 unspecified atom stereocenters. The fraction of sp³-hybridized carbons (Fsp3) is 0.0526. The molecule has 12 rings (SSSR count). The Hall–Kier alpha value is -7.22. The minimum atomic E-state index is -0.202. The van der Waals surface area contributed by atoms with Gasteiger partial charge in [0.15, 0.2) is 0 Å². The zero-order chi connectivity index (χ0) is 38.5. The Morgan fingerprint density at radius 3 is 1.59 bits per heavy atom. The van der Waals surface area contributed by atoms with Crippen LogP contribution in [-0.2, 0) is 5.41 Å². The number of para-hydroxylation sites is 1. The summed E-state index contributed by atoms with van der Waals surface area (Å²) in [6.45, 7) is 4.81. The zero-order valence-corrected chi connectivity index (χ0v) is 32.5. The van der Waals surface area contributed by atoms with Gasteiger partial charge in [-0.25, -0.2) is 0 Å². The van der Waals surface area contributed by atoms with E-state index in [1.54, 1.807) is 0 Å². The van der Waals surface area contributed by atoms with Gasteiger partial charge in [0.1, 0.15) is 0 Å².